The van der Waals surface area contributed by atoms with Gasteiger partial charge >= 0.3 is 0 Å². The molecule has 0 saturated heterocycles. The fraction of sp³-hybridized carbons (Fsp3) is 0.0455. The molecule has 0 aliphatic heterocycles. The molecular formula is C22H17N5O2S. The number of aryl methyl sites for hydroxylation is 1. The molecule has 3 aromatic carbocycles. The standard InChI is InChI=1S/C22H17N5O2S/c1-15-5-9-19(10-6-15)24-22-26-25-21(30-22)17-7-11-18(12-8-17)23-14-16-3-2-4-20(13-16)27(28)29/h2-14H,1H3,(H,24,26). The molecule has 0 radical (unpaired) electrons. The first-order chi connectivity index (χ1) is 14.6. The van der Waals surface area contributed by atoms with Crippen LogP contribution < -0.4 is 5.32 Å². The zero-order chi connectivity index (χ0) is 20.9. The maximum Gasteiger partial charge on any atom is 0.270 e. The van der Waals surface area contributed by atoms with Crippen molar-refractivity contribution >= 4 is 39.7 Å². The molecule has 30 heavy (non-hydrogen) atoms. The molecule has 0 unspecified atom stereocenters. The van der Waals surface area contributed by atoms with Crippen molar-refractivity contribution in [2.24, 2.45) is 4.99 Å². The Labute approximate surface area is 176 Å². The quantitative estimate of drug-likeness (QED) is 0.240. The number of rotatable bonds is 6. The zero-order valence-corrected chi connectivity index (χ0v) is 16.8. The number of nitro benzene ring substituents is 1. The van der Waals surface area contributed by atoms with Crippen molar-refractivity contribution in [1.29, 1.82) is 0 Å². The third kappa shape index (κ3) is 4.73. The van der Waals surface area contributed by atoms with Gasteiger partial charge in [0.2, 0.25) is 5.13 Å². The summed E-state index contributed by atoms with van der Waals surface area (Å²) in [6.45, 7) is 2.05. The van der Waals surface area contributed by atoms with Crippen LogP contribution in [0.4, 0.5) is 22.2 Å². The Bertz CT molecular complexity index is 1200. The first-order valence-electron chi connectivity index (χ1n) is 9.13. The SMILES string of the molecule is Cc1ccc(Nc2nnc(-c3ccc(N=Cc4cccc([N+](=O)[O-])c4)cc3)s2)cc1. The van der Waals surface area contributed by atoms with E-state index < -0.39 is 4.92 Å². The van der Waals surface area contributed by atoms with Crippen molar-refractivity contribution < 1.29 is 4.92 Å². The molecule has 8 heteroatoms. The smallest absolute Gasteiger partial charge is 0.270 e. The highest BCUT2D eigenvalue weighted by Crippen LogP contribution is 2.29. The van der Waals surface area contributed by atoms with E-state index in [2.05, 4.69) is 20.5 Å². The number of aliphatic imine (C=N–C) groups is 1. The summed E-state index contributed by atoms with van der Waals surface area (Å²) < 4.78 is 0. The van der Waals surface area contributed by atoms with Crippen molar-refractivity contribution in [3.8, 4) is 10.6 Å². The van der Waals surface area contributed by atoms with Gasteiger partial charge in [0.25, 0.3) is 5.69 Å². The highest BCUT2D eigenvalue weighted by atomic mass is 32.1. The van der Waals surface area contributed by atoms with E-state index in [9.17, 15) is 10.1 Å². The summed E-state index contributed by atoms with van der Waals surface area (Å²) in [4.78, 5) is 14.8. The predicted octanol–water partition coefficient (Wildman–Crippen LogP) is 5.92. The summed E-state index contributed by atoms with van der Waals surface area (Å²) in [5.74, 6) is 0. The van der Waals surface area contributed by atoms with Crippen LogP contribution in [0.5, 0.6) is 0 Å². The molecule has 0 aliphatic carbocycles. The molecule has 0 amide bonds. The second-order valence-electron chi connectivity index (χ2n) is 6.56. The van der Waals surface area contributed by atoms with Gasteiger partial charge in [-0.05, 0) is 48.9 Å². The first kappa shape index (κ1) is 19.4. The van der Waals surface area contributed by atoms with Gasteiger partial charge in [0.05, 0.1) is 10.6 Å². The number of benzene rings is 3. The van der Waals surface area contributed by atoms with E-state index in [0.29, 0.717) is 5.56 Å². The van der Waals surface area contributed by atoms with E-state index >= 15 is 0 Å². The predicted molar refractivity (Wildman–Crippen MR) is 120 cm³/mol. The molecule has 7 nitrogen and oxygen atoms in total. The van der Waals surface area contributed by atoms with Crippen LogP contribution in [0.2, 0.25) is 0 Å². The van der Waals surface area contributed by atoms with Crippen molar-refractivity contribution in [3.05, 3.63) is 94.0 Å². The number of anilines is 2. The Morgan fingerprint density at radius 2 is 1.80 bits per heavy atom. The highest BCUT2D eigenvalue weighted by molar-refractivity contribution is 7.18. The topological polar surface area (TPSA) is 93.3 Å². The molecule has 1 N–H and O–H groups in total. The van der Waals surface area contributed by atoms with Crippen LogP contribution in [0.3, 0.4) is 0 Å². The van der Waals surface area contributed by atoms with Crippen LogP contribution in [0.25, 0.3) is 10.6 Å². The number of nitrogens with one attached hydrogen (secondary N) is 1. The molecule has 0 spiro atoms. The summed E-state index contributed by atoms with van der Waals surface area (Å²) in [6.07, 6.45) is 1.61. The fourth-order valence-electron chi connectivity index (χ4n) is 2.71. The van der Waals surface area contributed by atoms with Gasteiger partial charge in [0.15, 0.2) is 0 Å². The normalized spacial score (nSPS) is 11.0. The molecule has 1 aromatic heterocycles. The van der Waals surface area contributed by atoms with Gasteiger partial charge in [-0.15, -0.1) is 10.2 Å². The van der Waals surface area contributed by atoms with E-state index in [1.54, 1.807) is 18.3 Å². The molecule has 0 atom stereocenters. The van der Waals surface area contributed by atoms with Crippen molar-refractivity contribution in [1.82, 2.24) is 10.2 Å². The Morgan fingerprint density at radius 1 is 1.03 bits per heavy atom. The number of aromatic nitrogens is 2. The number of nitro groups is 1. The van der Waals surface area contributed by atoms with Crippen LogP contribution >= 0.6 is 11.3 Å². The Morgan fingerprint density at radius 3 is 2.53 bits per heavy atom. The largest absolute Gasteiger partial charge is 0.330 e. The Kier molecular flexibility index (Phi) is 5.58. The van der Waals surface area contributed by atoms with Crippen LogP contribution in [-0.2, 0) is 0 Å². The second-order valence-corrected chi connectivity index (χ2v) is 7.54. The van der Waals surface area contributed by atoms with Gasteiger partial charge in [0, 0.05) is 29.6 Å². The van der Waals surface area contributed by atoms with Gasteiger partial charge < -0.3 is 5.32 Å². The van der Waals surface area contributed by atoms with E-state index in [1.165, 1.54) is 29.0 Å². The van der Waals surface area contributed by atoms with Gasteiger partial charge in [-0.1, -0.05) is 41.2 Å². The molecule has 4 aromatic rings. The number of nitrogens with zero attached hydrogens (tertiary/aromatic N) is 4. The summed E-state index contributed by atoms with van der Waals surface area (Å²) >= 11 is 1.47. The minimum atomic E-state index is -0.420. The molecule has 4 rings (SSSR count). The number of hydrogen-bond acceptors (Lipinski definition) is 7. The van der Waals surface area contributed by atoms with E-state index in [-0.39, 0.29) is 5.69 Å². The lowest BCUT2D eigenvalue weighted by molar-refractivity contribution is -0.384. The fourth-order valence-corrected chi connectivity index (χ4v) is 3.48. The first-order valence-corrected chi connectivity index (χ1v) is 9.95. The van der Waals surface area contributed by atoms with Crippen LogP contribution in [0, 0.1) is 17.0 Å². The molecule has 148 valence electrons. The van der Waals surface area contributed by atoms with Crippen LogP contribution in [0.15, 0.2) is 77.8 Å². The summed E-state index contributed by atoms with van der Waals surface area (Å²) in [6, 6.07) is 22.0. The third-order valence-corrected chi connectivity index (χ3v) is 5.17. The third-order valence-electron chi connectivity index (χ3n) is 4.29. The number of non-ortho nitro benzene ring substituents is 1. The molecule has 0 saturated carbocycles. The van der Waals surface area contributed by atoms with E-state index in [0.717, 1.165) is 27.1 Å². The Hall–Kier alpha value is -3.91. The van der Waals surface area contributed by atoms with Crippen LogP contribution in [-0.4, -0.2) is 21.3 Å². The van der Waals surface area contributed by atoms with Crippen molar-refractivity contribution in [3.63, 3.8) is 0 Å². The lowest BCUT2D eigenvalue weighted by atomic mass is 10.2. The average molecular weight is 415 g/mol. The maximum atomic E-state index is 10.9. The molecule has 0 aliphatic rings. The number of hydrogen-bond donors (Lipinski definition) is 1. The van der Waals surface area contributed by atoms with Crippen LogP contribution in [0.1, 0.15) is 11.1 Å². The second kappa shape index (κ2) is 8.62. The minimum absolute atomic E-state index is 0.0422. The molecule has 0 fully saturated rings. The summed E-state index contributed by atoms with van der Waals surface area (Å²) in [7, 11) is 0. The van der Waals surface area contributed by atoms with E-state index in [1.807, 2.05) is 55.5 Å². The van der Waals surface area contributed by atoms with Gasteiger partial charge in [-0.2, -0.15) is 0 Å². The Balaban J connectivity index is 1.45. The molecule has 0 bridgehead atoms. The van der Waals surface area contributed by atoms with E-state index in [4.69, 9.17) is 0 Å². The zero-order valence-electron chi connectivity index (χ0n) is 16.0. The van der Waals surface area contributed by atoms with Gasteiger partial charge in [-0.25, -0.2) is 0 Å². The molecule has 1 heterocycles. The summed E-state index contributed by atoms with van der Waals surface area (Å²) in [5, 5.41) is 24.1. The molecular weight excluding hydrogens is 398 g/mol. The minimum Gasteiger partial charge on any atom is -0.330 e. The maximum absolute atomic E-state index is 10.9. The van der Waals surface area contributed by atoms with Crippen molar-refractivity contribution in [2.45, 2.75) is 6.92 Å². The van der Waals surface area contributed by atoms with Gasteiger partial charge in [-0.3, -0.25) is 15.1 Å². The van der Waals surface area contributed by atoms with Crippen molar-refractivity contribution in [2.75, 3.05) is 5.32 Å². The average Bonchev–Trinajstić information content (AvgIpc) is 3.23. The highest BCUT2D eigenvalue weighted by Gasteiger charge is 2.07. The lowest BCUT2D eigenvalue weighted by Gasteiger charge is -2.01. The summed E-state index contributed by atoms with van der Waals surface area (Å²) in [5.41, 5.74) is 4.57. The monoisotopic (exact) mass is 415 g/mol. The van der Waals surface area contributed by atoms with Gasteiger partial charge in [0.1, 0.15) is 5.01 Å². The lowest BCUT2D eigenvalue weighted by Crippen LogP contribution is -1.89.